The molecule has 0 saturated carbocycles. The van der Waals surface area contributed by atoms with Gasteiger partial charge < -0.3 is 9.47 Å². The van der Waals surface area contributed by atoms with Crippen LogP contribution in [0.15, 0.2) is 0 Å². The van der Waals surface area contributed by atoms with Crippen LogP contribution in [-0.2, 0) is 14.3 Å². The molecule has 1 atom stereocenters. The first-order chi connectivity index (χ1) is 8.17. The highest BCUT2D eigenvalue weighted by molar-refractivity contribution is 5.75. The first kappa shape index (κ1) is 17.4. The number of carbonyl (C=O) groups is 1. The van der Waals surface area contributed by atoms with E-state index in [1.807, 2.05) is 27.7 Å². The smallest absolute Gasteiger partial charge is 0.323 e. The molecule has 4 nitrogen and oxygen atoms in total. The Morgan fingerprint density at radius 2 is 1.78 bits per heavy atom. The number of ether oxygens (including phenoxy) is 2. The van der Waals surface area contributed by atoms with Crippen LogP contribution in [0.4, 0.5) is 0 Å². The number of carbonyl (C=O) groups excluding carboxylic acids is 1. The number of hydrogen-bond acceptors (Lipinski definition) is 4. The zero-order chi connectivity index (χ0) is 14.3. The van der Waals surface area contributed by atoms with Gasteiger partial charge in [0.25, 0.3) is 0 Å². The summed E-state index contributed by atoms with van der Waals surface area (Å²) in [4.78, 5) is 14.2. The van der Waals surface area contributed by atoms with E-state index in [0.717, 1.165) is 13.1 Å². The summed E-state index contributed by atoms with van der Waals surface area (Å²) in [5.41, 5.74) is -0.434. The Bertz CT molecular complexity index is 246. The van der Waals surface area contributed by atoms with Crippen LogP contribution in [0.1, 0.15) is 41.5 Å². The van der Waals surface area contributed by atoms with Gasteiger partial charge >= 0.3 is 5.97 Å². The highest BCUT2D eigenvalue weighted by Gasteiger charge is 2.26. The van der Waals surface area contributed by atoms with E-state index in [1.54, 1.807) is 7.11 Å². The molecular weight excluding hydrogens is 230 g/mol. The van der Waals surface area contributed by atoms with E-state index in [-0.39, 0.29) is 12.0 Å². The highest BCUT2D eigenvalue weighted by Crippen LogP contribution is 2.12. The van der Waals surface area contributed by atoms with Crippen molar-refractivity contribution in [2.45, 2.75) is 53.2 Å². The average molecular weight is 259 g/mol. The minimum atomic E-state index is -0.434. The lowest BCUT2D eigenvalue weighted by Gasteiger charge is -2.31. The summed E-state index contributed by atoms with van der Waals surface area (Å²) in [6.07, 6.45) is 0. The van der Waals surface area contributed by atoms with E-state index in [1.165, 1.54) is 0 Å². The van der Waals surface area contributed by atoms with Crippen molar-refractivity contribution in [1.82, 2.24) is 4.90 Å². The molecule has 0 heterocycles. The zero-order valence-electron chi connectivity index (χ0n) is 12.9. The van der Waals surface area contributed by atoms with Crippen molar-refractivity contribution in [3.8, 4) is 0 Å². The third-order valence-corrected chi connectivity index (χ3v) is 2.48. The molecule has 0 aliphatic heterocycles. The maximum absolute atomic E-state index is 12.0. The highest BCUT2D eigenvalue weighted by atomic mass is 16.6. The minimum absolute atomic E-state index is 0.167. The predicted octanol–water partition coefficient (Wildman–Crippen LogP) is 2.32. The Kier molecular flexibility index (Phi) is 7.48. The van der Waals surface area contributed by atoms with Gasteiger partial charge in [-0.1, -0.05) is 13.8 Å². The Morgan fingerprint density at radius 3 is 2.17 bits per heavy atom. The molecule has 0 amide bonds. The molecule has 0 rings (SSSR count). The molecule has 0 aromatic heterocycles. The van der Waals surface area contributed by atoms with Gasteiger partial charge in [-0.15, -0.1) is 0 Å². The lowest BCUT2D eigenvalue weighted by atomic mass is 10.1. The monoisotopic (exact) mass is 259 g/mol. The molecule has 0 saturated heterocycles. The summed E-state index contributed by atoms with van der Waals surface area (Å²) < 4.78 is 10.5. The van der Waals surface area contributed by atoms with Gasteiger partial charge in [-0.2, -0.15) is 0 Å². The number of methoxy groups -OCH3 is 1. The van der Waals surface area contributed by atoms with E-state index in [2.05, 4.69) is 18.7 Å². The molecule has 0 aliphatic carbocycles. The van der Waals surface area contributed by atoms with E-state index < -0.39 is 5.60 Å². The summed E-state index contributed by atoms with van der Waals surface area (Å²) in [6, 6.07) is -0.234. The molecule has 0 aromatic rings. The molecule has 0 radical (unpaired) electrons. The second-order valence-electron chi connectivity index (χ2n) is 6.09. The summed E-state index contributed by atoms with van der Waals surface area (Å²) >= 11 is 0. The predicted molar refractivity (Wildman–Crippen MR) is 73.6 cm³/mol. The summed E-state index contributed by atoms with van der Waals surface area (Å²) in [7, 11) is 1.67. The van der Waals surface area contributed by atoms with Crippen LogP contribution < -0.4 is 0 Å². The van der Waals surface area contributed by atoms with Gasteiger partial charge in [-0.3, -0.25) is 9.69 Å². The minimum Gasteiger partial charge on any atom is -0.459 e. The quantitative estimate of drug-likeness (QED) is 0.658. The number of esters is 1. The summed E-state index contributed by atoms with van der Waals surface area (Å²) in [5.74, 6) is 0.339. The Hall–Kier alpha value is -0.610. The van der Waals surface area contributed by atoms with E-state index in [0.29, 0.717) is 12.5 Å². The first-order valence-electron chi connectivity index (χ1n) is 6.63. The molecule has 0 bridgehead atoms. The Morgan fingerprint density at radius 1 is 1.22 bits per heavy atom. The SMILES string of the molecule is COCCN(CC(C)C)C(C)C(=O)OC(C)(C)C. The van der Waals surface area contributed by atoms with Gasteiger partial charge in [0, 0.05) is 20.2 Å². The maximum atomic E-state index is 12.0. The molecule has 0 fully saturated rings. The topological polar surface area (TPSA) is 38.8 Å². The normalized spacial score (nSPS) is 14.1. The fourth-order valence-electron chi connectivity index (χ4n) is 1.66. The van der Waals surface area contributed by atoms with Crippen LogP contribution in [0, 0.1) is 5.92 Å². The van der Waals surface area contributed by atoms with Gasteiger partial charge in [-0.25, -0.2) is 0 Å². The van der Waals surface area contributed by atoms with Crippen molar-refractivity contribution in [2.24, 2.45) is 5.92 Å². The molecule has 1 unspecified atom stereocenters. The van der Waals surface area contributed by atoms with Gasteiger partial charge in [0.1, 0.15) is 11.6 Å². The summed E-state index contributed by atoms with van der Waals surface area (Å²) in [6.45, 7) is 14.1. The van der Waals surface area contributed by atoms with Crippen molar-refractivity contribution in [2.75, 3.05) is 26.8 Å². The van der Waals surface area contributed by atoms with Crippen LogP contribution in [-0.4, -0.2) is 49.3 Å². The second kappa shape index (κ2) is 7.74. The van der Waals surface area contributed by atoms with Crippen molar-refractivity contribution in [3.63, 3.8) is 0 Å². The van der Waals surface area contributed by atoms with Crippen molar-refractivity contribution in [3.05, 3.63) is 0 Å². The van der Waals surface area contributed by atoms with Gasteiger partial charge in [0.2, 0.25) is 0 Å². The standard InChI is InChI=1S/C14H29NO3/c1-11(2)10-15(8-9-17-7)12(3)13(16)18-14(4,5)6/h11-12H,8-10H2,1-7H3. The second-order valence-corrected chi connectivity index (χ2v) is 6.09. The van der Waals surface area contributed by atoms with Crippen LogP contribution in [0.3, 0.4) is 0 Å². The Labute approximate surface area is 112 Å². The molecule has 0 aromatic carbocycles. The van der Waals surface area contributed by atoms with Crippen molar-refractivity contribution in [1.29, 1.82) is 0 Å². The van der Waals surface area contributed by atoms with Gasteiger partial charge in [0.15, 0.2) is 0 Å². The lowest BCUT2D eigenvalue weighted by molar-refractivity contribution is -0.161. The largest absolute Gasteiger partial charge is 0.459 e. The first-order valence-corrected chi connectivity index (χ1v) is 6.63. The average Bonchev–Trinajstić information content (AvgIpc) is 2.20. The summed E-state index contributed by atoms with van der Waals surface area (Å²) in [5, 5.41) is 0. The molecule has 108 valence electrons. The zero-order valence-corrected chi connectivity index (χ0v) is 12.9. The van der Waals surface area contributed by atoms with Crippen LogP contribution in [0.5, 0.6) is 0 Å². The van der Waals surface area contributed by atoms with Crippen LogP contribution in [0.2, 0.25) is 0 Å². The molecule has 0 aliphatic rings. The lowest BCUT2D eigenvalue weighted by Crippen LogP contribution is -2.45. The maximum Gasteiger partial charge on any atom is 0.323 e. The molecule has 0 spiro atoms. The van der Waals surface area contributed by atoms with E-state index >= 15 is 0 Å². The molecule has 18 heavy (non-hydrogen) atoms. The van der Waals surface area contributed by atoms with Crippen LogP contribution >= 0.6 is 0 Å². The Balaban J connectivity index is 4.52. The van der Waals surface area contributed by atoms with E-state index in [9.17, 15) is 4.79 Å². The van der Waals surface area contributed by atoms with Gasteiger partial charge in [-0.05, 0) is 33.6 Å². The third-order valence-electron chi connectivity index (χ3n) is 2.48. The number of nitrogens with zero attached hydrogens (tertiary/aromatic N) is 1. The fourth-order valence-corrected chi connectivity index (χ4v) is 1.66. The number of rotatable bonds is 7. The van der Waals surface area contributed by atoms with Crippen molar-refractivity contribution >= 4 is 5.97 Å². The van der Waals surface area contributed by atoms with E-state index in [4.69, 9.17) is 9.47 Å². The molecule has 0 N–H and O–H groups in total. The van der Waals surface area contributed by atoms with Gasteiger partial charge in [0.05, 0.1) is 6.61 Å². The van der Waals surface area contributed by atoms with Crippen molar-refractivity contribution < 1.29 is 14.3 Å². The third kappa shape index (κ3) is 7.67. The molecule has 4 heteroatoms. The number of hydrogen-bond donors (Lipinski definition) is 0. The van der Waals surface area contributed by atoms with Crippen LogP contribution in [0.25, 0.3) is 0 Å². The fraction of sp³-hybridized carbons (Fsp3) is 0.929. The molecular formula is C14H29NO3.